The third-order valence-electron chi connectivity index (χ3n) is 5.68. The van der Waals surface area contributed by atoms with Gasteiger partial charge in [0.15, 0.2) is 5.76 Å². The van der Waals surface area contributed by atoms with Gasteiger partial charge in [-0.3, -0.25) is 9.29 Å². The summed E-state index contributed by atoms with van der Waals surface area (Å²) in [5.41, 5.74) is 1.55. The first-order valence-corrected chi connectivity index (χ1v) is 12.6. The van der Waals surface area contributed by atoms with Crippen LogP contribution >= 0.6 is 11.9 Å². The maximum Gasteiger partial charge on any atom is 0.239 e. The molecule has 192 valence electrons. The molecule has 2 aromatic heterocycles. The number of hydrogen-bond acceptors (Lipinski definition) is 8. The van der Waals surface area contributed by atoms with Gasteiger partial charge in [0.1, 0.15) is 28.8 Å². The average molecular weight is 522 g/mol. The van der Waals surface area contributed by atoms with Gasteiger partial charge in [0, 0.05) is 11.2 Å². The quantitative estimate of drug-likeness (QED) is 0.207. The van der Waals surface area contributed by atoms with Gasteiger partial charge in [-0.15, -0.1) is 10.2 Å². The van der Waals surface area contributed by atoms with Gasteiger partial charge in [-0.05, 0) is 60.3 Å². The highest BCUT2D eigenvalue weighted by molar-refractivity contribution is 8.00. The van der Waals surface area contributed by atoms with E-state index in [1.54, 1.807) is 24.9 Å². The van der Waals surface area contributed by atoms with Crippen LogP contribution in [0.4, 0.5) is 10.3 Å². The number of hydrogen-bond donors (Lipinski definition) is 1. The van der Waals surface area contributed by atoms with Crippen LogP contribution in [0.15, 0.2) is 52.9 Å². The average Bonchev–Trinajstić information content (AvgIpc) is 3.54. The van der Waals surface area contributed by atoms with Crippen molar-refractivity contribution in [3.8, 4) is 34.8 Å². The summed E-state index contributed by atoms with van der Waals surface area (Å²) in [7, 11) is 3.18. The molecule has 0 radical (unpaired) electrons. The van der Waals surface area contributed by atoms with Crippen molar-refractivity contribution < 1.29 is 18.3 Å². The minimum atomic E-state index is -0.426. The van der Waals surface area contributed by atoms with E-state index in [1.165, 1.54) is 24.1 Å². The fourth-order valence-electron chi connectivity index (χ4n) is 3.78. The van der Waals surface area contributed by atoms with E-state index in [2.05, 4.69) is 41.8 Å². The van der Waals surface area contributed by atoms with Crippen LogP contribution < -0.4 is 14.2 Å². The summed E-state index contributed by atoms with van der Waals surface area (Å²) in [6, 6.07) is 15.6. The first-order valence-electron chi connectivity index (χ1n) is 11.6. The Morgan fingerprint density at radius 1 is 1.08 bits per heavy atom. The second kappa shape index (κ2) is 11.0. The van der Waals surface area contributed by atoms with E-state index in [9.17, 15) is 9.65 Å². The van der Waals surface area contributed by atoms with E-state index in [0.717, 1.165) is 11.3 Å². The van der Waals surface area contributed by atoms with Crippen molar-refractivity contribution in [2.24, 2.45) is 0 Å². The van der Waals surface area contributed by atoms with E-state index >= 15 is 0 Å². The molecule has 0 amide bonds. The lowest BCUT2D eigenvalue weighted by molar-refractivity contribution is 0.390. The predicted octanol–water partition coefficient (Wildman–Crippen LogP) is 6.16. The number of aromatic nitrogens is 3. The van der Waals surface area contributed by atoms with Crippen molar-refractivity contribution in [2.45, 2.75) is 32.6 Å². The molecule has 0 aliphatic rings. The van der Waals surface area contributed by atoms with E-state index < -0.39 is 5.82 Å². The summed E-state index contributed by atoms with van der Waals surface area (Å²) in [5, 5.41) is 18.1. The molecule has 0 aliphatic carbocycles. The molecule has 37 heavy (non-hydrogen) atoms. The Bertz CT molecular complexity index is 1410. The molecule has 0 saturated heterocycles. The van der Waals surface area contributed by atoms with Crippen LogP contribution in [0.1, 0.15) is 37.7 Å². The molecule has 2 heterocycles. The summed E-state index contributed by atoms with van der Waals surface area (Å²) >= 11 is 1.39. The fourth-order valence-corrected chi connectivity index (χ4v) is 4.47. The zero-order chi connectivity index (χ0) is 26.6. The number of halogens is 1. The van der Waals surface area contributed by atoms with Crippen molar-refractivity contribution in [1.82, 2.24) is 14.8 Å². The number of rotatable bonds is 9. The minimum absolute atomic E-state index is 0.176. The maximum atomic E-state index is 13.5. The lowest BCUT2D eigenvalue weighted by Gasteiger charge is -2.17. The molecule has 0 aliphatic heterocycles. The van der Waals surface area contributed by atoms with Crippen molar-refractivity contribution in [2.75, 3.05) is 24.7 Å². The van der Waals surface area contributed by atoms with E-state index in [4.69, 9.17) is 13.9 Å². The molecule has 1 N–H and O–H groups in total. The molecule has 0 fully saturated rings. The molecule has 10 heteroatoms. The third kappa shape index (κ3) is 5.57. The number of nitrogens with zero attached hydrogens (tertiary/aromatic N) is 4. The number of nitriles is 1. The number of benzene rings is 2. The van der Waals surface area contributed by atoms with Crippen molar-refractivity contribution >= 4 is 17.9 Å². The molecule has 4 aromatic rings. The molecule has 4 rings (SSSR count). The summed E-state index contributed by atoms with van der Waals surface area (Å²) in [6.07, 6.45) is 0.562. The highest BCUT2D eigenvalue weighted by Crippen LogP contribution is 2.39. The third-order valence-corrected chi connectivity index (χ3v) is 6.42. The topological polar surface area (TPSA) is 98.1 Å². The van der Waals surface area contributed by atoms with Gasteiger partial charge >= 0.3 is 0 Å². The second-order valence-corrected chi connectivity index (χ2v) is 10.1. The standard InChI is InChI=1S/C27H28FN5O3S/c1-27(2,3)23-12-11-22(36-23)25-30-31-26(33(25)24-20(34-4)7-6-8-21(24)35-5)32-37-14-13-17-9-10-19(28)15-18(17)16-29/h6-12,15H,13-14H2,1-5H3,(H,31,32). The number of methoxy groups -OCH3 is 2. The zero-order valence-corrected chi connectivity index (χ0v) is 22.1. The number of ether oxygens (including phenoxy) is 2. The number of aryl methyl sites for hydroxylation is 1. The van der Waals surface area contributed by atoms with Gasteiger partial charge in [-0.2, -0.15) is 5.26 Å². The first-order chi connectivity index (χ1) is 17.8. The lowest BCUT2D eigenvalue weighted by atomic mass is 9.94. The molecule has 2 aromatic carbocycles. The Labute approximate surface area is 219 Å². The summed E-state index contributed by atoms with van der Waals surface area (Å²) in [6.45, 7) is 6.23. The van der Waals surface area contributed by atoms with E-state index in [1.807, 2.05) is 30.3 Å². The van der Waals surface area contributed by atoms with Crippen molar-refractivity contribution in [1.29, 1.82) is 5.26 Å². The smallest absolute Gasteiger partial charge is 0.239 e. The number of para-hydroxylation sites is 1. The Kier molecular flexibility index (Phi) is 7.74. The Hall–Kier alpha value is -3.97. The molecular weight excluding hydrogens is 493 g/mol. The van der Waals surface area contributed by atoms with Crippen molar-refractivity contribution in [3.63, 3.8) is 0 Å². The van der Waals surface area contributed by atoms with Crippen LogP contribution in [0.25, 0.3) is 17.3 Å². The number of furan rings is 1. The van der Waals surface area contributed by atoms with Gasteiger partial charge in [-0.25, -0.2) is 4.39 Å². The number of nitrogens with one attached hydrogen (secondary N) is 1. The maximum absolute atomic E-state index is 13.5. The van der Waals surface area contributed by atoms with Gasteiger partial charge in [0.2, 0.25) is 11.8 Å². The van der Waals surface area contributed by atoms with Crippen molar-refractivity contribution in [3.05, 3.63) is 71.2 Å². The highest BCUT2D eigenvalue weighted by Gasteiger charge is 2.26. The molecule has 0 atom stereocenters. The summed E-state index contributed by atoms with van der Waals surface area (Å²) in [5.74, 6) is 3.60. The second-order valence-electron chi connectivity index (χ2n) is 9.22. The largest absolute Gasteiger partial charge is 0.494 e. The predicted molar refractivity (Wildman–Crippen MR) is 142 cm³/mol. The number of anilines is 1. The highest BCUT2D eigenvalue weighted by atomic mass is 32.2. The van der Waals surface area contributed by atoms with Crippen LogP contribution in [0.3, 0.4) is 0 Å². The normalized spacial score (nSPS) is 11.3. The zero-order valence-electron chi connectivity index (χ0n) is 21.3. The fraction of sp³-hybridized carbons (Fsp3) is 0.296. The first kappa shape index (κ1) is 26.1. The Morgan fingerprint density at radius 2 is 1.81 bits per heavy atom. The van der Waals surface area contributed by atoms with Crippen LogP contribution in [0.2, 0.25) is 0 Å². The Balaban J connectivity index is 1.68. The molecular formula is C27H28FN5O3S. The molecule has 0 spiro atoms. The van der Waals surface area contributed by atoms with Gasteiger partial charge in [-0.1, -0.05) is 32.9 Å². The SMILES string of the molecule is COc1cccc(OC)c1-n1c(NSCCc2ccc(F)cc2C#N)nnc1-c1ccc(C(C)(C)C)o1. The lowest BCUT2D eigenvalue weighted by Crippen LogP contribution is -2.09. The van der Waals surface area contributed by atoms with Crippen LogP contribution in [0, 0.1) is 17.1 Å². The molecule has 8 nitrogen and oxygen atoms in total. The monoisotopic (exact) mass is 521 g/mol. The molecule has 0 saturated carbocycles. The van der Waals surface area contributed by atoms with E-state index in [-0.39, 0.29) is 5.41 Å². The minimum Gasteiger partial charge on any atom is -0.494 e. The van der Waals surface area contributed by atoms with Crippen LogP contribution in [-0.2, 0) is 11.8 Å². The van der Waals surface area contributed by atoms with Crippen LogP contribution in [-0.4, -0.2) is 34.7 Å². The molecule has 0 unspecified atom stereocenters. The summed E-state index contributed by atoms with van der Waals surface area (Å²) < 4.78 is 36.0. The summed E-state index contributed by atoms with van der Waals surface area (Å²) in [4.78, 5) is 0. The van der Waals surface area contributed by atoms with Gasteiger partial charge in [0.05, 0.1) is 25.9 Å². The van der Waals surface area contributed by atoms with Crippen LogP contribution in [0.5, 0.6) is 11.5 Å². The van der Waals surface area contributed by atoms with Gasteiger partial charge < -0.3 is 13.9 Å². The van der Waals surface area contributed by atoms with Gasteiger partial charge in [0.25, 0.3) is 0 Å². The Morgan fingerprint density at radius 3 is 2.43 bits per heavy atom. The molecule has 0 bridgehead atoms. The van der Waals surface area contributed by atoms with E-state index in [0.29, 0.717) is 52.5 Å².